The summed E-state index contributed by atoms with van der Waals surface area (Å²) in [7, 11) is 0. The normalized spacial score (nSPS) is 15.4. The van der Waals surface area contributed by atoms with Gasteiger partial charge in [0.15, 0.2) is 0 Å². The van der Waals surface area contributed by atoms with Gasteiger partial charge < -0.3 is 10.4 Å². The van der Waals surface area contributed by atoms with E-state index in [0.717, 1.165) is 38.0 Å². The first-order chi connectivity index (χ1) is 14.6. The molecule has 0 spiro atoms. The lowest BCUT2D eigenvalue weighted by Crippen LogP contribution is -2.35. The molecule has 0 aliphatic carbocycles. The standard InChI is InChI=1S/C23H26N4O3/c28-19-9-11-26(12-10-19)14-18-7-5-17(6-8-18)13-24-22(29)15-27-16-25-21-4-2-1-3-20(21)23(27)30/h1-8,16,19,28H,9-15H2,(H,24,29). The number of carbonyl (C=O) groups is 1. The fraction of sp³-hybridized carbons (Fsp3) is 0.348. The maximum absolute atomic E-state index is 12.5. The molecule has 1 saturated heterocycles. The van der Waals surface area contributed by atoms with Crippen LogP contribution in [0, 0.1) is 0 Å². The van der Waals surface area contributed by atoms with E-state index in [-0.39, 0.29) is 24.1 Å². The Morgan fingerprint density at radius 1 is 1.07 bits per heavy atom. The summed E-state index contributed by atoms with van der Waals surface area (Å²) in [6, 6.07) is 15.3. The SMILES string of the molecule is O=C(Cn1cnc2ccccc2c1=O)NCc1ccc(CN2CCC(O)CC2)cc1. The smallest absolute Gasteiger partial charge is 0.261 e. The molecule has 2 N–H and O–H groups in total. The molecule has 30 heavy (non-hydrogen) atoms. The second-order valence-electron chi connectivity index (χ2n) is 7.80. The van der Waals surface area contributed by atoms with Crippen LogP contribution in [0.2, 0.25) is 0 Å². The monoisotopic (exact) mass is 406 g/mol. The quantitative estimate of drug-likeness (QED) is 0.650. The van der Waals surface area contributed by atoms with Gasteiger partial charge in [0, 0.05) is 26.2 Å². The fourth-order valence-corrected chi connectivity index (χ4v) is 3.73. The van der Waals surface area contributed by atoms with Gasteiger partial charge in [0.05, 0.1) is 23.3 Å². The molecule has 0 bridgehead atoms. The lowest BCUT2D eigenvalue weighted by atomic mass is 10.1. The summed E-state index contributed by atoms with van der Waals surface area (Å²) < 4.78 is 1.33. The first kappa shape index (κ1) is 20.3. The molecule has 1 aliphatic heterocycles. The number of nitrogens with one attached hydrogen (secondary N) is 1. The van der Waals surface area contributed by atoms with Crippen LogP contribution in [-0.2, 0) is 24.4 Å². The Balaban J connectivity index is 1.30. The van der Waals surface area contributed by atoms with E-state index in [1.54, 1.807) is 18.2 Å². The van der Waals surface area contributed by atoms with Crippen LogP contribution in [0.15, 0.2) is 59.7 Å². The van der Waals surface area contributed by atoms with Crippen LogP contribution in [0.4, 0.5) is 0 Å². The van der Waals surface area contributed by atoms with E-state index in [1.807, 2.05) is 18.2 Å². The highest BCUT2D eigenvalue weighted by atomic mass is 16.3. The van der Waals surface area contributed by atoms with E-state index in [9.17, 15) is 14.7 Å². The number of fused-ring (bicyclic) bond motifs is 1. The van der Waals surface area contributed by atoms with E-state index in [2.05, 4.69) is 27.3 Å². The Morgan fingerprint density at radius 2 is 1.77 bits per heavy atom. The second kappa shape index (κ2) is 9.19. The first-order valence-corrected chi connectivity index (χ1v) is 10.3. The van der Waals surface area contributed by atoms with Crippen molar-refractivity contribution >= 4 is 16.8 Å². The summed E-state index contributed by atoms with van der Waals surface area (Å²) in [6.45, 7) is 3.06. The molecule has 3 aromatic rings. The minimum atomic E-state index is -0.231. The lowest BCUT2D eigenvalue weighted by Gasteiger charge is -2.29. The number of carbonyl (C=O) groups excluding carboxylic acids is 1. The van der Waals surface area contributed by atoms with Crippen molar-refractivity contribution in [3.63, 3.8) is 0 Å². The number of likely N-dealkylation sites (tertiary alicyclic amines) is 1. The number of aliphatic hydroxyl groups excluding tert-OH is 1. The Labute approximate surface area is 175 Å². The molecule has 1 amide bonds. The van der Waals surface area contributed by atoms with Crippen LogP contribution in [-0.4, -0.2) is 44.7 Å². The van der Waals surface area contributed by atoms with Crippen molar-refractivity contribution in [2.45, 2.75) is 38.6 Å². The van der Waals surface area contributed by atoms with E-state index in [1.165, 1.54) is 16.5 Å². The molecule has 0 radical (unpaired) electrons. The van der Waals surface area contributed by atoms with E-state index in [4.69, 9.17) is 0 Å². The molecule has 156 valence electrons. The molecule has 4 rings (SSSR count). The number of aliphatic hydroxyl groups is 1. The largest absolute Gasteiger partial charge is 0.393 e. The summed E-state index contributed by atoms with van der Waals surface area (Å²) in [5, 5.41) is 13.0. The highest BCUT2D eigenvalue weighted by Gasteiger charge is 2.16. The summed E-state index contributed by atoms with van der Waals surface area (Å²) in [5.41, 5.74) is 2.63. The number of nitrogens with zero attached hydrogens (tertiary/aromatic N) is 3. The van der Waals surface area contributed by atoms with Crippen molar-refractivity contribution in [3.8, 4) is 0 Å². The molecular formula is C23H26N4O3. The average Bonchev–Trinajstić information content (AvgIpc) is 2.77. The predicted octanol–water partition coefficient (Wildman–Crippen LogP) is 1.67. The molecular weight excluding hydrogens is 380 g/mol. The van der Waals surface area contributed by atoms with Crippen LogP contribution in [0.25, 0.3) is 10.9 Å². The highest BCUT2D eigenvalue weighted by Crippen LogP contribution is 2.14. The van der Waals surface area contributed by atoms with Crippen LogP contribution in [0.3, 0.4) is 0 Å². The Hall–Kier alpha value is -3.03. The van der Waals surface area contributed by atoms with Crippen molar-refractivity contribution in [3.05, 3.63) is 76.3 Å². The minimum Gasteiger partial charge on any atom is -0.393 e. The van der Waals surface area contributed by atoms with Gasteiger partial charge in [-0.3, -0.25) is 19.1 Å². The third-order valence-corrected chi connectivity index (χ3v) is 5.52. The number of piperidine rings is 1. The van der Waals surface area contributed by atoms with Crippen molar-refractivity contribution in [1.29, 1.82) is 0 Å². The van der Waals surface area contributed by atoms with E-state index < -0.39 is 0 Å². The summed E-state index contributed by atoms with van der Waals surface area (Å²) >= 11 is 0. The van der Waals surface area contributed by atoms with Gasteiger partial charge >= 0.3 is 0 Å². The number of rotatable bonds is 6. The van der Waals surface area contributed by atoms with Crippen molar-refractivity contribution in [1.82, 2.24) is 19.8 Å². The molecule has 0 atom stereocenters. The lowest BCUT2D eigenvalue weighted by molar-refractivity contribution is -0.121. The number of para-hydroxylation sites is 1. The van der Waals surface area contributed by atoms with Gasteiger partial charge in [-0.15, -0.1) is 0 Å². The zero-order valence-corrected chi connectivity index (χ0v) is 16.8. The Kier molecular flexibility index (Phi) is 6.21. The van der Waals surface area contributed by atoms with E-state index in [0.29, 0.717) is 17.4 Å². The van der Waals surface area contributed by atoms with Gasteiger partial charge in [-0.2, -0.15) is 0 Å². The molecule has 7 nitrogen and oxygen atoms in total. The Morgan fingerprint density at radius 3 is 2.53 bits per heavy atom. The van der Waals surface area contributed by atoms with Crippen LogP contribution in [0.5, 0.6) is 0 Å². The maximum atomic E-state index is 12.5. The maximum Gasteiger partial charge on any atom is 0.261 e. The van der Waals surface area contributed by atoms with Crippen molar-refractivity contribution < 1.29 is 9.90 Å². The van der Waals surface area contributed by atoms with Crippen molar-refractivity contribution in [2.24, 2.45) is 0 Å². The second-order valence-corrected chi connectivity index (χ2v) is 7.80. The molecule has 0 unspecified atom stereocenters. The van der Waals surface area contributed by atoms with Gasteiger partial charge in [-0.05, 0) is 36.1 Å². The highest BCUT2D eigenvalue weighted by molar-refractivity contribution is 5.78. The number of aromatic nitrogens is 2. The third kappa shape index (κ3) is 4.93. The first-order valence-electron chi connectivity index (χ1n) is 10.3. The summed E-state index contributed by atoms with van der Waals surface area (Å²) in [6.07, 6.45) is 2.92. The van der Waals surface area contributed by atoms with Crippen molar-refractivity contribution in [2.75, 3.05) is 13.1 Å². The third-order valence-electron chi connectivity index (χ3n) is 5.52. The zero-order chi connectivity index (χ0) is 20.9. The Bertz CT molecular complexity index is 1070. The predicted molar refractivity (Wildman–Crippen MR) is 115 cm³/mol. The summed E-state index contributed by atoms with van der Waals surface area (Å²) in [5.74, 6) is -0.231. The summed E-state index contributed by atoms with van der Waals surface area (Å²) in [4.78, 5) is 31.4. The molecule has 1 aromatic heterocycles. The van der Waals surface area contributed by atoms with Crippen LogP contribution >= 0.6 is 0 Å². The fourth-order valence-electron chi connectivity index (χ4n) is 3.73. The molecule has 2 aromatic carbocycles. The number of hydrogen-bond acceptors (Lipinski definition) is 5. The molecule has 1 aliphatic rings. The number of benzene rings is 2. The molecule has 2 heterocycles. The minimum absolute atomic E-state index is 0.0600. The molecule has 0 saturated carbocycles. The average molecular weight is 406 g/mol. The zero-order valence-electron chi connectivity index (χ0n) is 16.8. The van der Waals surface area contributed by atoms with Crippen LogP contribution in [0.1, 0.15) is 24.0 Å². The topological polar surface area (TPSA) is 87.5 Å². The number of amides is 1. The van der Waals surface area contributed by atoms with Gasteiger partial charge in [0.25, 0.3) is 5.56 Å². The van der Waals surface area contributed by atoms with Gasteiger partial charge in [-0.1, -0.05) is 36.4 Å². The molecule has 1 fully saturated rings. The van der Waals surface area contributed by atoms with Crippen LogP contribution < -0.4 is 10.9 Å². The number of hydrogen-bond donors (Lipinski definition) is 2. The van der Waals surface area contributed by atoms with Gasteiger partial charge in [0.2, 0.25) is 5.91 Å². The van der Waals surface area contributed by atoms with Gasteiger partial charge in [-0.25, -0.2) is 4.98 Å². The molecule has 7 heteroatoms. The van der Waals surface area contributed by atoms with E-state index >= 15 is 0 Å². The van der Waals surface area contributed by atoms with Gasteiger partial charge in [0.1, 0.15) is 6.54 Å².